The third-order valence-corrected chi connectivity index (χ3v) is 7.04. The molecule has 2 aromatic carbocycles. The third-order valence-electron chi connectivity index (χ3n) is 7.04. The zero-order valence-electron chi connectivity index (χ0n) is 17.3. The molecule has 5 nitrogen and oxygen atoms in total. The van der Waals surface area contributed by atoms with Gasteiger partial charge in [0.1, 0.15) is 0 Å². The molecule has 0 radical (unpaired) electrons. The van der Waals surface area contributed by atoms with E-state index in [1.165, 1.54) is 0 Å². The minimum atomic E-state index is -0.448. The van der Waals surface area contributed by atoms with Gasteiger partial charge >= 0.3 is 0 Å². The SMILES string of the molecule is O=C(C1c2ccccc2C(=O)N(Cc2ccccc2)C12CCCC2)N1CCOCC1. The fourth-order valence-corrected chi connectivity index (χ4v) is 5.61. The summed E-state index contributed by atoms with van der Waals surface area (Å²) in [5.41, 5.74) is 2.24. The van der Waals surface area contributed by atoms with E-state index in [-0.39, 0.29) is 17.7 Å². The molecular weight excluding hydrogens is 376 g/mol. The number of hydrogen-bond acceptors (Lipinski definition) is 3. The molecule has 2 aliphatic heterocycles. The van der Waals surface area contributed by atoms with Crippen LogP contribution in [0.5, 0.6) is 0 Å². The van der Waals surface area contributed by atoms with E-state index >= 15 is 0 Å². The molecule has 1 atom stereocenters. The van der Waals surface area contributed by atoms with E-state index in [4.69, 9.17) is 4.74 Å². The summed E-state index contributed by atoms with van der Waals surface area (Å²) < 4.78 is 5.48. The normalized spacial score (nSPS) is 22.9. The molecule has 1 saturated carbocycles. The van der Waals surface area contributed by atoms with E-state index in [1.807, 2.05) is 52.3 Å². The van der Waals surface area contributed by atoms with Crippen molar-refractivity contribution in [3.05, 3.63) is 71.3 Å². The number of carbonyl (C=O) groups excluding carboxylic acids is 2. The first-order valence-electron chi connectivity index (χ1n) is 11.0. The monoisotopic (exact) mass is 404 g/mol. The van der Waals surface area contributed by atoms with Gasteiger partial charge < -0.3 is 14.5 Å². The number of fused-ring (bicyclic) bond motifs is 1. The van der Waals surface area contributed by atoms with Crippen LogP contribution in [0.15, 0.2) is 54.6 Å². The number of morpholine rings is 1. The first kappa shape index (κ1) is 19.3. The van der Waals surface area contributed by atoms with Crippen LogP contribution in [0.4, 0.5) is 0 Å². The maximum absolute atomic E-state index is 13.9. The van der Waals surface area contributed by atoms with Gasteiger partial charge in [0, 0.05) is 25.2 Å². The molecule has 0 aromatic heterocycles. The van der Waals surface area contributed by atoms with Gasteiger partial charge in [0.15, 0.2) is 0 Å². The maximum atomic E-state index is 13.9. The molecule has 156 valence electrons. The maximum Gasteiger partial charge on any atom is 0.254 e. The van der Waals surface area contributed by atoms with Crippen LogP contribution in [0.25, 0.3) is 0 Å². The molecule has 0 N–H and O–H groups in total. The topological polar surface area (TPSA) is 49.9 Å². The summed E-state index contributed by atoms with van der Waals surface area (Å²) in [4.78, 5) is 31.6. The smallest absolute Gasteiger partial charge is 0.254 e. The molecule has 2 fully saturated rings. The number of rotatable bonds is 3. The fourth-order valence-electron chi connectivity index (χ4n) is 5.61. The number of carbonyl (C=O) groups is 2. The van der Waals surface area contributed by atoms with Crippen LogP contribution in [-0.2, 0) is 16.1 Å². The Kier molecular flexibility index (Phi) is 5.07. The average molecular weight is 405 g/mol. The number of hydrogen-bond donors (Lipinski definition) is 0. The summed E-state index contributed by atoms with van der Waals surface area (Å²) >= 11 is 0. The Hall–Kier alpha value is -2.66. The lowest BCUT2D eigenvalue weighted by Gasteiger charge is -2.51. The van der Waals surface area contributed by atoms with Crippen molar-refractivity contribution >= 4 is 11.8 Å². The second-order valence-electron chi connectivity index (χ2n) is 8.65. The Morgan fingerprint density at radius 3 is 2.37 bits per heavy atom. The van der Waals surface area contributed by atoms with Crippen LogP contribution >= 0.6 is 0 Å². The summed E-state index contributed by atoms with van der Waals surface area (Å²) in [6, 6.07) is 17.9. The van der Waals surface area contributed by atoms with Crippen LogP contribution in [0, 0.1) is 0 Å². The molecule has 5 heteroatoms. The van der Waals surface area contributed by atoms with Crippen molar-refractivity contribution in [1.29, 1.82) is 0 Å². The summed E-state index contributed by atoms with van der Waals surface area (Å²) in [6.07, 6.45) is 3.85. The van der Waals surface area contributed by atoms with Gasteiger partial charge in [0.25, 0.3) is 5.91 Å². The van der Waals surface area contributed by atoms with Gasteiger partial charge in [-0.25, -0.2) is 0 Å². The molecule has 3 aliphatic rings. The molecule has 5 rings (SSSR count). The van der Waals surface area contributed by atoms with E-state index < -0.39 is 5.54 Å². The van der Waals surface area contributed by atoms with Crippen molar-refractivity contribution in [3.8, 4) is 0 Å². The number of benzene rings is 2. The van der Waals surface area contributed by atoms with Crippen LogP contribution in [-0.4, -0.2) is 53.5 Å². The lowest BCUT2D eigenvalue weighted by Crippen LogP contribution is -2.61. The van der Waals surface area contributed by atoms with Gasteiger partial charge in [0.2, 0.25) is 5.91 Å². The van der Waals surface area contributed by atoms with Crippen LogP contribution in [0.1, 0.15) is 53.1 Å². The van der Waals surface area contributed by atoms with Crippen LogP contribution < -0.4 is 0 Å². The Bertz CT molecular complexity index is 930. The summed E-state index contributed by atoms with van der Waals surface area (Å²) in [5, 5.41) is 0. The molecular formula is C25H28N2O3. The Morgan fingerprint density at radius 1 is 0.967 bits per heavy atom. The van der Waals surface area contributed by atoms with Gasteiger partial charge in [-0.3, -0.25) is 9.59 Å². The Balaban J connectivity index is 1.62. The average Bonchev–Trinajstić information content (AvgIpc) is 3.28. The van der Waals surface area contributed by atoms with Gasteiger partial charge in [0.05, 0.1) is 24.7 Å². The first-order valence-corrected chi connectivity index (χ1v) is 11.0. The van der Waals surface area contributed by atoms with E-state index in [0.717, 1.165) is 36.8 Å². The van der Waals surface area contributed by atoms with Crippen molar-refractivity contribution < 1.29 is 14.3 Å². The van der Waals surface area contributed by atoms with Crippen molar-refractivity contribution in [2.75, 3.05) is 26.3 Å². The number of ether oxygens (including phenoxy) is 1. The van der Waals surface area contributed by atoms with E-state index in [0.29, 0.717) is 38.4 Å². The predicted octanol–water partition coefficient (Wildman–Crippen LogP) is 3.60. The molecule has 2 aromatic rings. The molecule has 30 heavy (non-hydrogen) atoms. The van der Waals surface area contributed by atoms with Crippen molar-refractivity contribution in [2.24, 2.45) is 0 Å². The van der Waals surface area contributed by atoms with Crippen LogP contribution in [0.2, 0.25) is 0 Å². The van der Waals surface area contributed by atoms with Crippen LogP contribution in [0.3, 0.4) is 0 Å². The van der Waals surface area contributed by atoms with Gasteiger partial charge in [-0.15, -0.1) is 0 Å². The second-order valence-corrected chi connectivity index (χ2v) is 8.65. The highest BCUT2D eigenvalue weighted by Crippen LogP contribution is 2.51. The summed E-state index contributed by atoms with van der Waals surface area (Å²) in [7, 11) is 0. The Morgan fingerprint density at radius 2 is 1.63 bits per heavy atom. The highest BCUT2D eigenvalue weighted by Gasteiger charge is 2.56. The quantitative estimate of drug-likeness (QED) is 0.785. The number of nitrogens with zero attached hydrogens (tertiary/aromatic N) is 2. The summed E-state index contributed by atoms with van der Waals surface area (Å²) in [6.45, 7) is 2.96. The molecule has 1 spiro atoms. The summed E-state index contributed by atoms with van der Waals surface area (Å²) in [5.74, 6) is -0.101. The highest BCUT2D eigenvalue weighted by atomic mass is 16.5. The molecule has 2 heterocycles. The van der Waals surface area contributed by atoms with Crippen molar-refractivity contribution in [2.45, 2.75) is 43.7 Å². The van der Waals surface area contributed by atoms with Gasteiger partial charge in [-0.1, -0.05) is 61.4 Å². The molecule has 0 bridgehead atoms. The zero-order valence-corrected chi connectivity index (χ0v) is 17.3. The van der Waals surface area contributed by atoms with E-state index in [1.54, 1.807) is 0 Å². The second kappa shape index (κ2) is 7.88. The van der Waals surface area contributed by atoms with Crippen molar-refractivity contribution in [3.63, 3.8) is 0 Å². The van der Waals surface area contributed by atoms with Gasteiger partial charge in [-0.2, -0.15) is 0 Å². The van der Waals surface area contributed by atoms with Crippen molar-refractivity contribution in [1.82, 2.24) is 9.80 Å². The lowest BCUT2D eigenvalue weighted by atomic mass is 9.70. The minimum absolute atomic E-state index is 0.0578. The molecule has 1 saturated heterocycles. The fraction of sp³-hybridized carbons (Fsp3) is 0.440. The lowest BCUT2D eigenvalue weighted by molar-refractivity contribution is -0.141. The molecule has 1 unspecified atom stereocenters. The number of amides is 2. The minimum Gasteiger partial charge on any atom is -0.378 e. The van der Waals surface area contributed by atoms with E-state index in [9.17, 15) is 9.59 Å². The molecule has 1 aliphatic carbocycles. The highest BCUT2D eigenvalue weighted by molar-refractivity contribution is 6.02. The van der Waals surface area contributed by atoms with Gasteiger partial charge in [-0.05, 0) is 30.0 Å². The largest absolute Gasteiger partial charge is 0.378 e. The predicted molar refractivity (Wildman–Crippen MR) is 114 cm³/mol. The first-order chi connectivity index (χ1) is 14.7. The van der Waals surface area contributed by atoms with E-state index in [2.05, 4.69) is 12.1 Å². The zero-order chi connectivity index (χ0) is 20.6. The standard InChI is InChI=1S/C25H28N2O3/c28-23-21-11-5-4-10-20(21)22(24(29)26-14-16-30-17-15-26)25(12-6-7-13-25)27(23)18-19-8-2-1-3-9-19/h1-5,8-11,22H,6-7,12-18H2. The Labute approximate surface area is 177 Å². The molecule has 2 amide bonds. The third kappa shape index (κ3) is 3.12.